The lowest BCUT2D eigenvalue weighted by molar-refractivity contribution is 0.101. The highest BCUT2D eigenvalue weighted by molar-refractivity contribution is 6.08. The molecule has 110 valence electrons. The van der Waals surface area contributed by atoms with Crippen LogP contribution in [0.3, 0.4) is 0 Å². The van der Waals surface area contributed by atoms with Crippen LogP contribution in [0.15, 0.2) is 59.4 Å². The van der Waals surface area contributed by atoms with Gasteiger partial charge in [-0.15, -0.1) is 0 Å². The second-order valence-corrected chi connectivity index (χ2v) is 5.24. The Morgan fingerprint density at radius 2 is 1.64 bits per heavy atom. The minimum Gasteiger partial charge on any atom is -0.308 e. The molecule has 0 aliphatic rings. The molecule has 0 atom stereocenters. The maximum Gasteiger partial charge on any atom is 0.262 e. The van der Waals surface area contributed by atoms with Crippen molar-refractivity contribution in [3.63, 3.8) is 0 Å². The first kappa shape index (κ1) is 14.3. The van der Waals surface area contributed by atoms with E-state index in [0.717, 1.165) is 22.0 Å². The molecule has 3 aromatic rings. The molecule has 0 bridgehead atoms. The van der Waals surface area contributed by atoms with E-state index in [1.807, 2.05) is 61.5 Å². The molecule has 0 saturated heterocycles. The lowest BCUT2D eigenvalue weighted by atomic mass is 9.94. The van der Waals surface area contributed by atoms with Gasteiger partial charge in [-0.2, -0.15) is 0 Å². The summed E-state index contributed by atoms with van der Waals surface area (Å²) in [4.78, 5) is 25.0. The van der Waals surface area contributed by atoms with Gasteiger partial charge < -0.3 is 4.57 Å². The van der Waals surface area contributed by atoms with E-state index < -0.39 is 0 Å². The van der Waals surface area contributed by atoms with Crippen LogP contribution in [0.25, 0.3) is 22.0 Å². The quantitative estimate of drug-likeness (QED) is 0.687. The molecular weight excluding hydrogens is 274 g/mol. The van der Waals surface area contributed by atoms with Crippen LogP contribution in [-0.4, -0.2) is 10.4 Å². The number of carbonyl (C=O) groups is 1. The van der Waals surface area contributed by atoms with Crippen molar-refractivity contribution in [2.75, 3.05) is 0 Å². The molecule has 0 aliphatic carbocycles. The Morgan fingerprint density at radius 1 is 1.00 bits per heavy atom. The number of fused-ring (bicyclic) bond motifs is 1. The highest BCUT2D eigenvalue weighted by Crippen LogP contribution is 2.30. The maximum atomic E-state index is 12.8. The predicted molar refractivity (Wildman–Crippen MR) is 89.3 cm³/mol. The number of ketones is 1. The Kier molecular flexibility index (Phi) is 3.63. The molecule has 3 rings (SSSR count). The summed E-state index contributed by atoms with van der Waals surface area (Å²) in [6.45, 7) is 3.91. The van der Waals surface area contributed by atoms with Gasteiger partial charge in [0.1, 0.15) is 0 Å². The predicted octanol–water partition coefficient (Wildman–Crippen LogP) is 3.89. The zero-order valence-electron chi connectivity index (χ0n) is 12.7. The molecule has 0 fully saturated rings. The molecule has 0 spiro atoms. The second kappa shape index (κ2) is 5.60. The van der Waals surface area contributed by atoms with Crippen molar-refractivity contribution in [3.8, 4) is 11.1 Å². The Balaban J connectivity index is 2.57. The number of rotatable bonds is 3. The van der Waals surface area contributed by atoms with E-state index in [9.17, 15) is 9.59 Å². The molecule has 0 amide bonds. The Morgan fingerprint density at radius 3 is 2.27 bits per heavy atom. The summed E-state index contributed by atoms with van der Waals surface area (Å²) in [6, 6.07) is 17.4. The van der Waals surface area contributed by atoms with E-state index in [1.54, 1.807) is 4.57 Å². The van der Waals surface area contributed by atoms with Crippen molar-refractivity contribution < 1.29 is 4.79 Å². The minimum atomic E-state index is -0.215. The van der Waals surface area contributed by atoms with Crippen LogP contribution in [0.5, 0.6) is 0 Å². The largest absolute Gasteiger partial charge is 0.308 e. The smallest absolute Gasteiger partial charge is 0.262 e. The fourth-order valence-corrected chi connectivity index (χ4v) is 2.95. The number of carbonyl (C=O) groups excluding carboxylic acids is 1. The van der Waals surface area contributed by atoms with Crippen LogP contribution in [0.2, 0.25) is 0 Å². The third-order valence-electron chi connectivity index (χ3n) is 3.90. The first-order valence-electron chi connectivity index (χ1n) is 7.37. The zero-order chi connectivity index (χ0) is 15.7. The van der Waals surface area contributed by atoms with Crippen LogP contribution in [0.4, 0.5) is 0 Å². The number of para-hydroxylation sites is 1. The standard InChI is InChI=1S/C19H17NO2/c1-3-20-16-12-8-7-11-15(16)18(14-9-5-4-6-10-14)17(13(2)21)19(20)22/h4-12H,3H2,1-2H3. The van der Waals surface area contributed by atoms with Crippen molar-refractivity contribution in [1.29, 1.82) is 0 Å². The van der Waals surface area contributed by atoms with Gasteiger partial charge in [0.25, 0.3) is 5.56 Å². The first-order chi connectivity index (χ1) is 10.6. The summed E-state index contributed by atoms with van der Waals surface area (Å²) in [5, 5.41) is 0.931. The SMILES string of the molecule is CCn1c(=O)c(C(C)=O)c(-c2ccccc2)c2ccccc21. The van der Waals surface area contributed by atoms with E-state index in [0.29, 0.717) is 6.54 Å². The molecule has 3 nitrogen and oxygen atoms in total. The summed E-state index contributed by atoms with van der Waals surface area (Å²) in [7, 11) is 0. The average molecular weight is 291 g/mol. The van der Waals surface area contributed by atoms with Gasteiger partial charge in [0.2, 0.25) is 0 Å². The van der Waals surface area contributed by atoms with Crippen LogP contribution < -0.4 is 5.56 Å². The highest BCUT2D eigenvalue weighted by Gasteiger charge is 2.20. The lowest BCUT2D eigenvalue weighted by Crippen LogP contribution is -2.26. The van der Waals surface area contributed by atoms with E-state index in [2.05, 4.69) is 0 Å². The molecule has 3 heteroatoms. The third-order valence-corrected chi connectivity index (χ3v) is 3.90. The molecule has 1 heterocycles. The summed E-state index contributed by atoms with van der Waals surface area (Å²) in [6.07, 6.45) is 0. The van der Waals surface area contributed by atoms with Gasteiger partial charge in [-0.05, 0) is 25.5 Å². The summed E-state index contributed by atoms with van der Waals surface area (Å²) in [5.41, 5.74) is 2.54. The zero-order valence-corrected chi connectivity index (χ0v) is 12.7. The summed E-state index contributed by atoms with van der Waals surface area (Å²) < 4.78 is 1.67. The molecule has 22 heavy (non-hydrogen) atoms. The second-order valence-electron chi connectivity index (χ2n) is 5.24. The third kappa shape index (κ3) is 2.15. The molecule has 2 aromatic carbocycles. The number of aryl methyl sites for hydroxylation is 1. The number of Topliss-reactive ketones (excluding diaryl/α,β-unsaturated/α-hetero) is 1. The monoisotopic (exact) mass is 291 g/mol. The number of pyridine rings is 1. The normalized spacial score (nSPS) is 10.8. The summed E-state index contributed by atoms with van der Waals surface area (Å²) in [5.74, 6) is -0.197. The van der Waals surface area contributed by atoms with Crippen LogP contribution in [0, 0.1) is 0 Å². The average Bonchev–Trinajstić information content (AvgIpc) is 2.54. The topological polar surface area (TPSA) is 39.1 Å². The molecule has 0 unspecified atom stereocenters. The number of aromatic nitrogens is 1. The minimum absolute atomic E-state index is 0.197. The van der Waals surface area contributed by atoms with Gasteiger partial charge in [0.05, 0.1) is 11.1 Å². The molecule has 0 saturated carbocycles. The number of nitrogens with zero attached hydrogens (tertiary/aromatic N) is 1. The number of hydrogen-bond donors (Lipinski definition) is 0. The van der Waals surface area contributed by atoms with Crippen molar-refractivity contribution in [2.24, 2.45) is 0 Å². The highest BCUT2D eigenvalue weighted by atomic mass is 16.1. The fourth-order valence-electron chi connectivity index (χ4n) is 2.95. The van der Waals surface area contributed by atoms with Gasteiger partial charge in [0, 0.05) is 17.5 Å². The molecule has 1 aromatic heterocycles. The van der Waals surface area contributed by atoms with E-state index in [1.165, 1.54) is 6.92 Å². The first-order valence-corrected chi connectivity index (χ1v) is 7.37. The van der Waals surface area contributed by atoms with E-state index in [-0.39, 0.29) is 16.9 Å². The summed E-state index contributed by atoms with van der Waals surface area (Å²) >= 11 is 0. The molecular formula is C19H17NO2. The van der Waals surface area contributed by atoms with Crippen molar-refractivity contribution in [1.82, 2.24) is 4.57 Å². The van der Waals surface area contributed by atoms with Gasteiger partial charge >= 0.3 is 0 Å². The van der Waals surface area contributed by atoms with Crippen LogP contribution >= 0.6 is 0 Å². The lowest BCUT2D eigenvalue weighted by Gasteiger charge is -2.16. The van der Waals surface area contributed by atoms with Gasteiger partial charge in [-0.1, -0.05) is 48.5 Å². The Bertz CT molecular complexity index is 908. The molecule has 0 aliphatic heterocycles. The van der Waals surface area contributed by atoms with Crippen molar-refractivity contribution >= 4 is 16.7 Å². The molecule has 0 N–H and O–H groups in total. The maximum absolute atomic E-state index is 12.8. The van der Waals surface area contributed by atoms with Crippen molar-refractivity contribution in [2.45, 2.75) is 20.4 Å². The fraction of sp³-hybridized carbons (Fsp3) is 0.158. The van der Waals surface area contributed by atoms with E-state index in [4.69, 9.17) is 0 Å². The van der Waals surface area contributed by atoms with Gasteiger partial charge in [0.15, 0.2) is 5.78 Å². The van der Waals surface area contributed by atoms with Crippen molar-refractivity contribution in [3.05, 3.63) is 70.5 Å². The van der Waals surface area contributed by atoms with Crippen LogP contribution in [0.1, 0.15) is 24.2 Å². The molecule has 0 radical (unpaired) electrons. The van der Waals surface area contributed by atoms with Gasteiger partial charge in [-0.25, -0.2) is 0 Å². The Hall–Kier alpha value is -2.68. The van der Waals surface area contributed by atoms with E-state index >= 15 is 0 Å². The Labute approximate surface area is 128 Å². The number of hydrogen-bond acceptors (Lipinski definition) is 2. The number of benzene rings is 2. The van der Waals surface area contributed by atoms with Crippen LogP contribution in [-0.2, 0) is 6.54 Å². The van der Waals surface area contributed by atoms with Gasteiger partial charge in [-0.3, -0.25) is 9.59 Å².